The number of aryl methyl sites for hydroxylation is 1. The lowest BCUT2D eigenvalue weighted by molar-refractivity contribution is 0.915. The second-order valence-electron chi connectivity index (χ2n) is 3.61. The Kier molecular flexibility index (Phi) is 2.88. The van der Waals surface area contributed by atoms with Crippen molar-refractivity contribution < 1.29 is 0 Å². The summed E-state index contributed by atoms with van der Waals surface area (Å²) >= 11 is 0. The minimum absolute atomic E-state index is 0.691. The first-order valence-corrected chi connectivity index (χ1v) is 5.09. The van der Waals surface area contributed by atoms with E-state index in [-0.39, 0.29) is 0 Å². The number of rotatable bonds is 2. The van der Waals surface area contributed by atoms with Crippen molar-refractivity contribution in [2.45, 2.75) is 0 Å². The average Bonchev–Trinajstić information content (AvgIpc) is 2.73. The van der Waals surface area contributed by atoms with Crippen molar-refractivity contribution in [1.82, 2.24) is 4.57 Å². The van der Waals surface area contributed by atoms with Gasteiger partial charge in [-0.2, -0.15) is 5.26 Å². The molecule has 0 unspecified atom stereocenters. The van der Waals surface area contributed by atoms with E-state index in [1.807, 2.05) is 49.7 Å². The molecule has 0 saturated heterocycles. The maximum atomic E-state index is 8.67. The lowest BCUT2D eigenvalue weighted by atomic mass is 10.1. The van der Waals surface area contributed by atoms with Gasteiger partial charge in [0.2, 0.25) is 0 Å². The lowest BCUT2D eigenvalue weighted by Gasteiger charge is -1.96. The van der Waals surface area contributed by atoms with E-state index in [1.54, 1.807) is 0 Å². The molecule has 0 radical (unpaired) electrons. The Labute approximate surface area is 95.1 Å². The summed E-state index contributed by atoms with van der Waals surface area (Å²) < 4.78 is 2.06. The van der Waals surface area contributed by atoms with E-state index in [0.717, 1.165) is 11.3 Å². The minimum Gasteiger partial charge on any atom is -0.351 e. The average molecular weight is 208 g/mol. The molecule has 0 fully saturated rings. The summed E-state index contributed by atoms with van der Waals surface area (Å²) in [6.45, 7) is 0. The molecule has 0 aliphatic heterocycles. The third-order valence-corrected chi connectivity index (χ3v) is 2.47. The molecule has 16 heavy (non-hydrogen) atoms. The van der Waals surface area contributed by atoms with Crippen LogP contribution in [0.5, 0.6) is 0 Å². The van der Waals surface area contributed by atoms with Gasteiger partial charge in [0.1, 0.15) is 0 Å². The van der Waals surface area contributed by atoms with Crippen LogP contribution >= 0.6 is 0 Å². The third-order valence-electron chi connectivity index (χ3n) is 2.47. The molecule has 0 amide bonds. The highest BCUT2D eigenvalue weighted by Gasteiger charge is 1.92. The number of aromatic nitrogens is 1. The van der Waals surface area contributed by atoms with Gasteiger partial charge in [-0.1, -0.05) is 18.2 Å². The summed E-state index contributed by atoms with van der Waals surface area (Å²) in [7, 11) is 2.01. The summed E-state index contributed by atoms with van der Waals surface area (Å²) in [6.07, 6.45) is 6.11. The summed E-state index contributed by atoms with van der Waals surface area (Å²) in [4.78, 5) is 0. The first-order valence-electron chi connectivity index (χ1n) is 5.09. The Bertz CT molecular complexity index is 539. The SMILES string of the molecule is Cn1cccc1/C=C/c1ccc(C#N)cc1. The van der Waals surface area contributed by atoms with Gasteiger partial charge in [0.05, 0.1) is 11.6 Å². The van der Waals surface area contributed by atoms with Crippen LogP contribution in [0, 0.1) is 11.3 Å². The number of nitrogens with zero attached hydrogens (tertiary/aromatic N) is 2. The highest BCUT2D eigenvalue weighted by atomic mass is 14.9. The molecular formula is C14H12N2. The predicted octanol–water partition coefficient (Wildman–Crippen LogP) is 3.07. The van der Waals surface area contributed by atoms with Crippen molar-refractivity contribution in [3.63, 3.8) is 0 Å². The molecule has 1 aromatic heterocycles. The molecular weight excluding hydrogens is 196 g/mol. The molecule has 2 rings (SSSR count). The molecule has 1 heterocycles. The number of hydrogen-bond acceptors (Lipinski definition) is 1. The molecule has 0 bridgehead atoms. The molecule has 0 N–H and O–H groups in total. The van der Waals surface area contributed by atoms with E-state index in [4.69, 9.17) is 5.26 Å². The van der Waals surface area contributed by atoms with Crippen molar-refractivity contribution in [3.8, 4) is 6.07 Å². The Morgan fingerprint density at radius 2 is 1.88 bits per heavy atom. The molecule has 0 spiro atoms. The van der Waals surface area contributed by atoms with Crippen LogP contribution in [0.15, 0.2) is 42.6 Å². The van der Waals surface area contributed by atoms with Crippen molar-refractivity contribution in [2.75, 3.05) is 0 Å². The van der Waals surface area contributed by atoms with Crippen LogP contribution in [-0.2, 0) is 7.05 Å². The van der Waals surface area contributed by atoms with Crippen molar-refractivity contribution in [1.29, 1.82) is 5.26 Å². The highest BCUT2D eigenvalue weighted by Crippen LogP contribution is 2.09. The van der Waals surface area contributed by atoms with Crippen LogP contribution in [0.1, 0.15) is 16.8 Å². The van der Waals surface area contributed by atoms with Crippen molar-refractivity contribution >= 4 is 12.2 Å². The van der Waals surface area contributed by atoms with E-state index in [2.05, 4.69) is 22.8 Å². The topological polar surface area (TPSA) is 28.7 Å². The molecule has 1 aromatic carbocycles. The van der Waals surface area contributed by atoms with Crippen LogP contribution in [0.2, 0.25) is 0 Å². The molecule has 0 aliphatic carbocycles. The first kappa shape index (κ1) is 10.3. The van der Waals surface area contributed by atoms with Gasteiger partial charge < -0.3 is 4.57 Å². The Morgan fingerprint density at radius 3 is 2.44 bits per heavy atom. The minimum atomic E-state index is 0.691. The van der Waals surface area contributed by atoms with Gasteiger partial charge in [-0.25, -0.2) is 0 Å². The number of hydrogen-bond donors (Lipinski definition) is 0. The van der Waals surface area contributed by atoms with Crippen LogP contribution in [0.3, 0.4) is 0 Å². The van der Waals surface area contributed by atoms with Gasteiger partial charge in [0, 0.05) is 18.9 Å². The maximum Gasteiger partial charge on any atom is 0.0991 e. The van der Waals surface area contributed by atoms with Gasteiger partial charge in [-0.15, -0.1) is 0 Å². The van der Waals surface area contributed by atoms with Crippen LogP contribution in [0.4, 0.5) is 0 Å². The molecule has 2 nitrogen and oxygen atoms in total. The second-order valence-corrected chi connectivity index (χ2v) is 3.61. The van der Waals surface area contributed by atoms with Crippen LogP contribution in [0.25, 0.3) is 12.2 Å². The largest absolute Gasteiger partial charge is 0.351 e. The van der Waals surface area contributed by atoms with Gasteiger partial charge in [0.25, 0.3) is 0 Å². The van der Waals surface area contributed by atoms with Crippen molar-refractivity contribution in [2.24, 2.45) is 7.05 Å². The molecule has 2 aromatic rings. The first-order chi connectivity index (χ1) is 7.79. The predicted molar refractivity (Wildman–Crippen MR) is 65.5 cm³/mol. The fourth-order valence-corrected chi connectivity index (χ4v) is 1.50. The Morgan fingerprint density at radius 1 is 1.12 bits per heavy atom. The standard InChI is InChI=1S/C14H12N2/c1-16-10-2-3-14(16)9-8-12-4-6-13(11-15)7-5-12/h2-10H,1H3/b9-8+. The van der Waals surface area contributed by atoms with E-state index < -0.39 is 0 Å². The van der Waals surface area contributed by atoms with Gasteiger partial charge in [-0.3, -0.25) is 0 Å². The summed E-state index contributed by atoms with van der Waals surface area (Å²) in [5.74, 6) is 0. The fraction of sp³-hybridized carbons (Fsp3) is 0.0714. The number of benzene rings is 1. The lowest BCUT2D eigenvalue weighted by Crippen LogP contribution is -1.86. The zero-order valence-electron chi connectivity index (χ0n) is 9.09. The molecule has 0 atom stereocenters. The zero-order chi connectivity index (χ0) is 11.4. The third kappa shape index (κ3) is 2.21. The summed E-state index contributed by atoms with van der Waals surface area (Å²) in [6, 6.07) is 13.7. The monoisotopic (exact) mass is 208 g/mol. The molecule has 78 valence electrons. The second kappa shape index (κ2) is 4.50. The van der Waals surface area contributed by atoms with Crippen molar-refractivity contribution in [3.05, 3.63) is 59.4 Å². The van der Waals surface area contributed by atoms with E-state index in [9.17, 15) is 0 Å². The Hall–Kier alpha value is -2.27. The van der Waals surface area contributed by atoms with Gasteiger partial charge in [-0.05, 0) is 35.9 Å². The zero-order valence-corrected chi connectivity index (χ0v) is 9.09. The molecule has 0 saturated carbocycles. The summed E-state index contributed by atoms with van der Waals surface area (Å²) in [5, 5.41) is 8.67. The molecule has 0 aliphatic rings. The van der Waals surface area contributed by atoms with Gasteiger partial charge >= 0.3 is 0 Å². The normalized spacial score (nSPS) is 10.5. The van der Waals surface area contributed by atoms with Gasteiger partial charge in [0.15, 0.2) is 0 Å². The van der Waals surface area contributed by atoms with E-state index >= 15 is 0 Å². The van der Waals surface area contributed by atoms with Crippen LogP contribution in [-0.4, -0.2) is 4.57 Å². The van der Waals surface area contributed by atoms with Crippen LogP contribution < -0.4 is 0 Å². The maximum absolute atomic E-state index is 8.67. The van der Waals surface area contributed by atoms with E-state index in [1.165, 1.54) is 0 Å². The quantitative estimate of drug-likeness (QED) is 0.745. The number of nitriles is 1. The smallest absolute Gasteiger partial charge is 0.0991 e. The Balaban J connectivity index is 2.18. The fourth-order valence-electron chi connectivity index (χ4n) is 1.50. The molecule has 2 heteroatoms. The summed E-state index contributed by atoms with van der Waals surface area (Å²) in [5.41, 5.74) is 2.94. The van der Waals surface area contributed by atoms with E-state index in [0.29, 0.717) is 5.56 Å². The highest BCUT2D eigenvalue weighted by molar-refractivity contribution is 5.68.